The van der Waals surface area contributed by atoms with Gasteiger partial charge in [0.1, 0.15) is 5.75 Å². The molecule has 0 radical (unpaired) electrons. The van der Waals surface area contributed by atoms with Gasteiger partial charge in [-0.3, -0.25) is 4.79 Å². The van der Waals surface area contributed by atoms with Crippen molar-refractivity contribution in [2.24, 2.45) is 0 Å². The van der Waals surface area contributed by atoms with E-state index >= 15 is 0 Å². The molecule has 0 saturated heterocycles. The van der Waals surface area contributed by atoms with E-state index in [1.165, 1.54) is 11.1 Å². The standard InChI is InChI=1S/C15H23NO2/c1-6-14(15(17)16-10(2)3)18-13-8-7-11(4)12(5)9-13/h7-10,14H,6H2,1-5H3,(H,16,17)/t14-/m0/s1. The van der Waals surface area contributed by atoms with Crippen LogP contribution in [0.3, 0.4) is 0 Å². The zero-order chi connectivity index (χ0) is 13.7. The predicted octanol–water partition coefficient (Wildman–Crippen LogP) is 2.99. The maximum Gasteiger partial charge on any atom is 0.261 e. The van der Waals surface area contributed by atoms with Crippen LogP contribution < -0.4 is 10.1 Å². The van der Waals surface area contributed by atoms with E-state index in [0.29, 0.717) is 6.42 Å². The van der Waals surface area contributed by atoms with Gasteiger partial charge in [-0.15, -0.1) is 0 Å². The average Bonchev–Trinajstić information content (AvgIpc) is 2.29. The molecule has 0 saturated carbocycles. The minimum atomic E-state index is -0.422. The molecule has 0 aromatic heterocycles. The fourth-order valence-electron chi connectivity index (χ4n) is 1.65. The van der Waals surface area contributed by atoms with Gasteiger partial charge in [0.2, 0.25) is 0 Å². The number of aryl methyl sites for hydroxylation is 2. The molecule has 100 valence electrons. The van der Waals surface area contributed by atoms with Crippen molar-refractivity contribution in [1.29, 1.82) is 0 Å². The summed E-state index contributed by atoms with van der Waals surface area (Å²) in [7, 11) is 0. The fourth-order valence-corrected chi connectivity index (χ4v) is 1.65. The zero-order valence-corrected chi connectivity index (χ0v) is 11.9. The fraction of sp³-hybridized carbons (Fsp3) is 0.533. The number of rotatable bonds is 5. The Bertz CT molecular complexity index is 413. The first-order chi connectivity index (χ1) is 8.43. The first-order valence-corrected chi connectivity index (χ1v) is 6.48. The van der Waals surface area contributed by atoms with Gasteiger partial charge < -0.3 is 10.1 Å². The monoisotopic (exact) mass is 249 g/mol. The number of carbonyl (C=O) groups is 1. The first-order valence-electron chi connectivity index (χ1n) is 6.48. The summed E-state index contributed by atoms with van der Waals surface area (Å²) in [6.45, 7) is 9.94. The minimum absolute atomic E-state index is 0.0503. The van der Waals surface area contributed by atoms with Crippen LogP contribution in [0.2, 0.25) is 0 Å². The highest BCUT2D eigenvalue weighted by molar-refractivity contribution is 5.81. The van der Waals surface area contributed by atoms with Gasteiger partial charge >= 0.3 is 0 Å². The number of hydrogen-bond acceptors (Lipinski definition) is 2. The summed E-state index contributed by atoms with van der Waals surface area (Å²) >= 11 is 0. The molecule has 0 heterocycles. The van der Waals surface area contributed by atoms with Crippen molar-refractivity contribution < 1.29 is 9.53 Å². The van der Waals surface area contributed by atoms with Crippen LogP contribution in [0.5, 0.6) is 5.75 Å². The SMILES string of the molecule is CC[C@H](Oc1ccc(C)c(C)c1)C(=O)NC(C)C. The van der Waals surface area contributed by atoms with Crippen LogP contribution in [0.15, 0.2) is 18.2 Å². The van der Waals surface area contributed by atoms with Gasteiger partial charge in [-0.1, -0.05) is 13.0 Å². The topological polar surface area (TPSA) is 38.3 Å². The molecule has 0 aliphatic carbocycles. The largest absolute Gasteiger partial charge is 0.481 e. The van der Waals surface area contributed by atoms with Crippen molar-refractivity contribution in [1.82, 2.24) is 5.32 Å². The molecule has 0 aliphatic rings. The number of hydrogen-bond donors (Lipinski definition) is 1. The molecular formula is C15H23NO2. The van der Waals surface area contributed by atoms with Gasteiger partial charge in [0, 0.05) is 6.04 Å². The van der Waals surface area contributed by atoms with Crippen molar-refractivity contribution in [3.63, 3.8) is 0 Å². The second kappa shape index (κ2) is 6.43. The lowest BCUT2D eigenvalue weighted by Gasteiger charge is -2.19. The molecule has 3 heteroatoms. The number of amides is 1. The number of carbonyl (C=O) groups excluding carboxylic acids is 1. The van der Waals surface area contributed by atoms with Gasteiger partial charge in [-0.05, 0) is 57.4 Å². The summed E-state index contributed by atoms with van der Waals surface area (Å²) in [5.74, 6) is 0.703. The quantitative estimate of drug-likeness (QED) is 0.871. The predicted molar refractivity (Wildman–Crippen MR) is 73.9 cm³/mol. The molecule has 1 rings (SSSR count). The van der Waals surface area contributed by atoms with Crippen LogP contribution in [0.4, 0.5) is 0 Å². The highest BCUT2D eigenvalue weighted by Gasteiger charge is 2.18. The van der Waals surface area contributed by atoms with Crippen molar-refractivity contribution in [3.8, 4) is 5.75 Å². The third-order valence-electron chi connectivity index (χ3n) is 2.85. The molecule has 1 aromatic rings. The van der Waals surface area contributed by atoms with E-state index in [1.54, 1.807) is 0 Å². The van der Waals surface area contributed by atoms with E-state index in [-0.39, 0.29) is 11.9 Å². The molecule has 0 fully saturated rings. The van der Waals surface area contributed by atoms with Crippen LogP contribution in [0.1, 0.15) is 38.3 Å². The van der Waals surface area contributed by atoms with E-state index in [0.717, 1.165) is 5.75 Å². The summed E-state index contributed by atoms with van der Waals surface area (Å²) in [5, 5.41) is 2.88. The summed E-state index contributed by atoms with van der Waals surface area (Å²) in [6.07, 6.45) is 0.236. The van der Waals surface area contributed by atoms with Gasteiger partial charge in [-0.25, -0.2) is 0 Å². The lowest BCUT2D eigenvalue weighted by Crippen LogP contribution is -2.41. The Morgan fingerprint density at radius 1 is 1.28 bits per heavy atom. The number of ether oxygens (including phenoxy) is 1. The molecule has 1 amide bonds. The Balaban J connectivity index is 2.73. The minimum Gasteiger partial charge on any atom is -0.481 e. The molecule has 18 heavy (non-hydrogen) atoms. The Morgan fingerprint density at radius 2 is 1.94 bits per heavy atom. The number of benzene rings is 1. The second-order valence-corrected chi connectivity index (χ2v) is 4.92. The van der Waals surface area contributed by atoms with E-state index in [1.807, 2.05) is 45.9 Å². The molecular weight excluding hydrogens is 226 g/mol. The lowest BCUT2D eigenvalue weighted by atomic mass is 10.1. The highest BCUT2D eigenvalue weighted by Crippen LogP contribution is 2.18. The average molecular weight is 249 g/mol. The summed E-state index contributed by atoms with van der Waals surface area (Å²) in [5.41, 5.74) is 2.40. The summed E-state index contributed by atoms with van der Waals surface area (Å²) < 4.78 is 5.75. The van der Waals surface area contributed by atoms with E-state index < -0.39 is 6.10 Å². The van der Waals surface area contributed by atoms with E-state index in [4.69, 9.17) is 4.74 Å². The molecule has 0 spiro atoms. The van der Waals surface area contributed by atoms with Crippen LogP contribution in [0.25, 0.3) is 0 Å². The molecule has 1 atom stereocenters. The lowest BCUT2D eigenvalue weighted by molar-refractivity contribution is -0.128. The smallest absolute Gasteiger partial charge is 0.261 e. The Labute approximate surface area is 110 Å². The molecule has 0 unspecified atom stereocenters. The molecule has 1 N–H and O–H groups in total. The van der Waals surface area contributed by atoms with Crippen molar-refractivity contribution in [2.75, 3.05) is 0 Å². The Hall–Kier alpha value is -1.51. The zero-order valence-electron chi connectivity index (χ0n) is 11.9. The van der Waals surface area contributed by atoms with Crippen LogP contribution in [-0.4, -0.2) is 18.1 Å². The Morgan fingerprint density at radius 3 is 2.44 bits per heavy atom. The third-order valence-corrected chi connectivity index (χ3v) is 2.85. The second-order valence-electron chi connectivity index (χ2n) is 4.92. The van der Waals surface area contributed by atoms with Gasteiger partial charge in [0.15, 0.2) is 6.10 Å². The van der Waals surface area contributed by atoms with Gasteiger partial charge in [0.25, 0.3) is 5.91 Å². The van der Waals surface area contributed by atoms with Gasteiger partial charge in [0.05, 0.1) is 0 Å². The van der Waals surface area contributed by atoms with Crippen LogP contribution in [0, 0.1) is 13.8 Å². The van der Waals surface area contributed by atoms with E-state index in [9.17, 15) is 4.79 Å². The van der Waals surface area contributed by atoms with Crippen molar-refractivity contribution >= 4 is 5.91 Å². The van der Waals surface area contributed by atoms with Crippen molar-refractivity contribution in [2.45, 2.75) is 53.2 Å². The summed E-state index contributed by atoms with van der Waals surface area (Å²) in [4.78, 5) is 11.9. The van der Waals surface area contributed by atoms with Gasteiger partial charge in [-0.2, -0.15) is 0 Å². The molecule has 3 nitrogen and oxygen atoms in total. The van der Waals surface area contributed by atoms with E-state index in [2.05, 4.69) is 12.2 Å². The maximum atomic E-state index is 11.9. The van der Waals surface area contributed by atoms with Crippen LogP contribution >= 0.6 is 0 Å². The normalized spacial score (nSPS) is 12.3. The highest BCUT2D eigenvalue weighted by atomic mass is 16.5. The molecule has 0 bridgehead atoms. The molecule has 0 aliphatic heterocycles. The Kier molecular flexibility index (Phi) is 5.20. The summed E-state index contributed by atoms with van der Waals surface area (Å²) in [6, 6.07) is 6.03. The molecule has 1 aromatic carbocycles. The number of nitrogens with one attached hydrogen (secondary N) is 1. The first kappa shape index (κ1) is 14.6. The van der Waals surface area contributed by atoms with Crippen LogP contribution in [-0.2, 0) is 4.79 Å². The maximum absolute atomic E-state index is 11.9. The third kappa shape index (κ3) is 4.06. The van der Waals surface area contributed by atoms with Crippen molar-refractivity contribution in [3.05, 3.63) is 29.3 Å².